The summed E-state index contributed by atoms with van der Waals surface area (Å²) in [5.74, 6) is 0.168. The molecule has 5 rings (SSSR count). The third-order valence-electron chi connectivity index (χ3n) is 5.97. The lowest BCUT2D eigenvalue weighted by molar-refractivity contribution is 0.0638. The molecule has 164 valence electrons. The molecule has 0 radical (unpaired) electrons. The molecule has 0 saturated carbocycles. The Kier molecular flexibility index (Phi) is 5.64. The third-order valence-corrected chi connectivity index (χ3v) is 5.97. The number of amides is 1. The first-order valence-electron chi connectivity index (χ1n) is 10.8. The van der Waals surface area contributed by atoms with Gasteiger partial charge in [0.1, 0.15) is 0 Å². The normalized spacial score (nSPS) is 15.5. The van der Waals surface area contributed by atoms with Crippen LogP contribution in [-0.4, -0.2) is 33.4 Å². The van der Waals surface area contributed by atoms with Gasteiger partial charge in [-0.3, -0.25) is 4.79 Å². The van der Waals surface area contributed by atoms with Gasteiger partial charge in [0.15, 0.2) is 11.4 Å². The highest BCUT2D eigenvalue weighted by molar-refractivity contribution is 5.92. The van der Waals surface area contributed by atoms with Gasteiger partial charge in [0, 0.05) is 25.0 Å². The number of carbonyl (C=O) groups excluding carboxylic acids is 1. The van der Waals surface area contributed by atoms with Crippen molar-refractivity contribution in [2.24, 2.45) is 0 Å². The molecule has 4 aromatic rings. The minimum atomic E-state index is -0.150. The van der Waals surface area contributed by atoms with Gasteiger partial charge in [-0.15, -0.1) is 0 Å². The summed E-state index contributed by atoms with van der Waals surface area (Å²) in [5.41, 5.74) is 4.67. The predicted molar refractivity (Wildman–Crippen MR) is 125 cm³/mol. The van der Waals surface area contributed by atoms with Gasteiger partial charge < -0.3 is 19.2 Å². The van der Waals surface area contributed by atoms with Crippen molar-refractivity contribution in [1.29, 1.82) is 0 Å². The number of furan rings is 1. The molecule has 0 unspecified atom stereocenters. The summed E-state index contributed by atoms with van der Waals surface area (Å²) in [6.45, 7) is 9.11. The van der Waals surface area contributed by atoms with E-state index in [0.29, 0.717) is 37.5 Å². The second-order valence-corrected chi connectivity index (χ2v) is 8.14. The standard InChI is InChI=1S/C26H23N5O2/c1-27-21-9-10-24-20(13-21)15-31(26(32)25-8-5-11-33-25)23(12-19-6-3-2-4-7-19)17-30(24)16-22-14-28-18-29-22/h2-11,13-14,18,23H,12,15-17H2,(H,28,29)/t23-/m1/s1. The molecule has 2 aromatic heterocycles. The van der Waals surface area contributed by atoms with E-state index in [-0.39, 0.29) is 11.9 Å². The maximum absolute atomic E-state index is 13.5. The van der Waals surface area contributed by atoms with Crippen LogP contribution >= 0.6 is 0 Å². The summed E-state index contributed by atoms with van der Waals surface area (Å²) in [6, 6.07) is 19.2. The average Bonchev–Trinajstić information content (AvgIpc) is 3.54. The number of rotatable bonds is 5. The molecular formula is C26H23N5O2. The van der Waals surface area contributed by atoms with Crippen molar-refractivity contribution in [3.05, 3.63) is 113 Å². The van der Waals surface area contributed by atoms with Gasteiger partial charge in [-0.25, -0.2) is 9.83 Å². The number of benzene rings is 2. The van der Waals surface area contributed by atoms with Crippen LogP contribution in [0.3, 0.4) is 0 Å². The largest absolute Gasteiger partial charge is 0.459 e. The maximum Gasteiger partial charge on any atom is 0.290 e. The number of nitrogens with zero attached hydrogens (tertiary/aromatic N) is 4. The Morgan fingerprint density at radius 3 is 2.79 bits per heavy atom. The summed E-state index contributed by atoms with van der Waals surface area (Å²) in [6.07, 6.45) is 5.71. The van der Waals surface area contributed by atoms with E-state index in [4.69, 9.17) is 11.0 Å². The van der Waals surface area contributed by atoms with Crippen molar-refractivity contribution in [1.82, 2.24) is 14.9 Å². The monoisotopic (exact) mass is 437 g/mol. The summed E-state index contributed by atoms with van der Waals surface area (Å²) in [5, 5.41) is 0. The predicted octanol–water partition coefficient (Wildman–Crippen LogP) is 4.83. The number of H-pyrrole nitrogens is 1. The van der Waals surface area contributed by atoms with Gasteiger partial charge >= 0.3 is 0 Å². The Morgan fingerprint density at radius 1 is 1.18 bits per heavy atom. The number of aromatic nitrogens is 2. The number of carbonyl (C=O) groups is 1. The highest BCUT2D eigenvalue weighted by Crippen LogP contribution is 2.33. The molecule has 1 atom stereocenters. The van der Waals surface area contributed by atoms with E-state index in [1.807, 2.05) is 47.5 Å². The zero-order valence-corrected chi connectivity index (χ0v) is 18.0. The van der Waals surface area contributed by atoms with Gasteiger partial charge in [-0.2, -0.15) is 0 Å². The number of nitrogens with one attached hydrogen (secondary N) is 1. The fraction of sp³-hybridized carbons (Fsp3) is 0.192. The van der Waals surface area contributed by atoms with Crippen LogP contribution in [0.4, 0.5) is 11.4 Å². The number of imidazole rings is 1. The zero-order chi connectivity index (χ0) is 22.6. The van der Waals surface area contributed by atoms with Gasteiger partial charge in [0.2, 0.25) is 0 Å². The van der Waals surface area contributed by atoms with E-state index in [1.54, 1.807) is 18.5 Å². The lowest BCUT2D eigenvalue weighted by Crippen LogP contribution is -2.45. The smallest absolute Gasteiger partial charge is 0.290 e. The number of aromatic amines is 1. The van der Waals surface area contributed by atoms with Crippen LogP contribution in [-0.2, 0) is 19.5 Å². The lowest BCUT2D eigenvalue weighted by atomic mass is 10.0. The minimum absolute atomic E-state index is 0.100. The first kappa shape index (κ1) is 20.6. The highest BCUT2D eigenvalue weighted by atomic mass is 16.3. The first-order chi connectivity index (χ1) is 16.2. The summed E-state index contributed by atoms with van der Waals surface area (Å²) >= 11 is 0. The van der Waals surface area contributed by atoms with Crippen LogP contribution in [0, 0.1) is 6.57 Å². The maximum atomic E-state index is 13.5. The average molecular weight is 438 g/mol. The fourth-order valence-electron chi connectivity index (χ4n) is 4.41. The van der Waals surface area contributed by atoms with Crippen LogP contribution in [0.5, 0.6) is 0 Å². The molecule has 1 N–H and O–H groups in total. The van der Waals surface area contributed by atoms with Crippen LogP contribution < -0.4 is 4.90 Å². The van der Waals surface area contributed by atoms with Crippen LogP contribution in [0.2, 0.25) is 0 Å². The number of anilines is 1. The SMILES string of the molecule is [C-]#[N+]c1ccc2c(c1)CN(C(=O)c1ccco1)[C@H](Cc1ccccc1)CN2Cc1cnc[nH]1. The summed E-state index contributed by atoms with van der Waals surface area (Å²) < 4.78 is 5.47. The van der Waals surface area contributed by atoms with Crippen LogP contribution in [0.1, 0.15) is 27.4 Å². The topological polar surface area (TPSA) is 69.7 Å². The quantitative estimate of drug-likeness (QED) is 0.454. The molecule has 7 heteroatoms. The molecule has 33 heavy (non-hydrogen) atoms. The molecule has 0 spiro atoms. The molecule has 0 saturated heterocycles. The van der Waals surface area contributed by atoms with E-state index in [0.717, 1.165) is 22.5 Å². The Balaban J connectivity index is 1.57. The third kappa shape index (κ3) is 4.37. The van der Waals surface area contributed by atoms with Crippen LogP contribution in [0.25, 0.3) is 4.85 Å². The Bertz CT molecular complexity index is 1260. The Morgan fingerprint density at radius 2 is 2.06 bits per heavy atom. The van der Waals surface area contributed by atoms with Crippen molar-refractivity contribution in [3.63, 3.8) is 0 Å². The van der Waals surface area contributed by atoms with Gasteiger partial charge in [-0.1, -0.05) is 36.4 Å². The molecule has 0 bridgehead atoms. The number of hydrogen-bond donors (Lipinski definition) is 1. The molecular weight excluding hydrogens is 414 g/mol. The van der Waals surface area contributed by atoms with Gasteiger partial charge in [0.05, 0.1) is 37.4 Å². The van der Waals surface area contributed by atoms with E-state index in [1.165, 1.54) is 6.26 Å². The van der Waals surface area contributed by atoms with Crippen LogP contribution in [0.15, 0.2) is 83.9 Å². The highest BCUT2D eigenvalue weighted by Gasteiger charge is 2.33. The zero-order valence-electron chi connectivity index (χ0n) is 18.0. The number of fused-ring (bicyclic) bond motifs is 1. The van der Waals surface area contributed by atoms with Crippen molar-refractivity contribution in [2.45, 2.75) is 25.6 Å². The van der Waals surface area contributed by atoms with E-state index >= 15 is 0 Å². The first-order valence-corrected chi connectivity index (χ1v) is 10.8. The molecule has 0 fully saturated rings. The second kappa shape index (κ2) is 9.05. The molecule has 2 aromatic carbocycles. The molecule has 3 heterocycles. The Hall–Kier alpha value is -4.31. The minimum Gasteiger partial charge on any atom is -0.459 e. The molecule has 1 aliphatic rings. The number of hydrogen-bond acceptors (Lipinski definition) is 4. The van der Waals surface area contributed by atoms with E-state index in [2.05, 4.69) is 31.8 Å². The molecule has 7 nitrogen and oxygen atoms in total. The Labute approximate surface area is 192 Å². The van der Waals surface area contributed by atoms with Gasteiger partial charge in [0.25, 0.3) is 5.91 Å². The molecule has 1 aliphatic heterocycles. The van der Waals surface area contributed by atoms with E-state index in [9.17, 15) is 4.79 Å². The second-order valence-electron chi connectivity index (χ2n) is 8.14. The summed E-state index contributed by atoms with van der Waals surface area (Å²) in [7, 11) is 0. The van der Waals surface area contributed by atoms with Crippen molar-refractivity contribution in [2.75, 3.05) is 11.4 Å². The molecule has 0 aliphatic carbocycles. The van der Waals surface area contributed by atoms with Crippen molar-refractivity contribution in [3.8, 4) is 0 Å². The summed E-state index contributed by atoms with van der Waals surface area (Å²) in [4.78, 5) is 28.6. The van der Waals surface area contributed by atoms with Crippen molar-refractivity contribution >= 4 is 17.3 Å². The fourth-order valence-corrected chi connectivity index (χ4v) is 4.41. The van der Waals surface area contributed by atoms with Gasteiger partial charge in [-0.05, 0) is 41.8 Å². The molecule has 1 amide bonds. The van der Waals surface area contributed by atoms with E-state index < -0.39 is 0 Å². The van der Waals surface area contributed by atoms with Crippen molar-refractivity contribution < 1.29 is 9.21 Å². The lowest BCUT2D eigenvalue weighted by Gasteiger charge is -2.32.